The number of rotatable bonds is 5. The molecule has 124 valence electrons. The van der Waals surface area contributed by atoms with Gasteiger partial charge in [0.15, 0.2) is 5.82 Å². The number of aliphatic hydroxyl groups excluding tert-OH is 1. The van der Waals surface area contributed by atoms with E-state index in [0.29, 0.717) is 11.6 Å². The molecule has 2 heterocycles. The number of furan rings is 1. The highest BCUT2D eigenvalue weighted by atomic mass is 79.9. The quantitative estimate of drug-likeness (QED) is 0.471. The van der Waals surface area contributed by atoms with Crippen molar-refractivity contribution < 1.29 is 19.4 Å². The van der Waals surface area contributed by atoms with E-state index < -0.39 is 9.85 Å². The molecule has 1 N–H and O–H groups in total. The fourth-order valence-electron chi connectivity index (χ4n) is 1.52. The van der Waals surface area contributed by atoms with E-state index >= 15 is 0 Å². The molecular formula is C12H13BrN4O6. The number of hydrogen-bond donors (Lipinski definition) is 1. The van der Waals surface area contributed by atoms with Crippen LogP contribution in [0.3, 0.4) is 0 Å². The molecule has 2 aromatic heterocycles. The summed E-state index contributed by atoms with van der Waals surface area (Å²) in [6.07, 6.45) is 3.93. The average molecular weight is 389 g/mol. The molecule has 0 atom stereocenters. The van der Waals surface area contributed by atoms with Crippen molar-refractivity contribution in [3.63, 3.8) is 0 Å². The fourth-order valence-corrected chi connectivity index (χ4v) is 1.75. The van der Waals surface area contributed by atoms with Crippen LogP contribution in [0.2, 0.25) is 0 Å². The summed E-state index contributed by atoms with van der Waals surface area (Å²) >= 11 is 2.77. The van der Waals surface area contributed by atoms with Gasteiger partial charge >= 0.3 is 10.4 Å². The Kier molecular flexibility index (Phi) is 7.09. The van der Waals surface area contributed by atoms with Crippen LogP contribution in [0.1, 0.15) is 11.6 Å². The van der Waals surface area contributed by atoms with Crippen molar-refractivity contribution >= 4 is 27.8 Å². The molecule has 0 amide bonds. The normalized spacial score (nSPS) is 10.8. The van der Waals surface area contributed by atoms with Gasteiger partial charge in [0.05, 0.1) is 23.9 Å². The van der Waals surface area contributed by atoms with Gasteiger partial charge in [-0.05, 0) is 17.1 Å². The standard InChI is InChI=1S/C6H4BrNO3.C6H9N3O3/c7-6(8(9)10)4-5-2-1-3-11-5;1-5-7-4-6(9(11)12)8(5)2-3-10/h1-4H;4,10H,2-3H2,1H3. The summed E-state index contributed by atoms with van der Waals surface area (Å²) in [5.41, 5.74) is 0. The summed E-state index contributed by atoms with van der Waals surface area (Å²) in [5, 5.41) is 29.0. The SMILES string of the molecule is Cc1ncc([N+](=O)[O-])n1CCO.O=[N+]([O-])C(Br)=Cc1ccco1. The summed E-state index contributed by atoms with van der Waals surface area (Å²) < 4.78 is 6.09. The minimum Gasteiger partial charge on any atom is -0.465 e. The second-order valence-electron chi connectivity index (χ2n) is 4.04. The summed E-state index contributed by atoms with van der Waals surface area (Å²) in [5.74, 6) is 0.908. The molecule has 0 fully saturated rings. The van der Waals surface area contributed by atoms with Crippen LogP contribution in [0, 0.1) is 27.2 Å². The Bertz CT molecular complexity index is 694. The molecule has 0 aliphatic heterocycles. The molecule has 11 heteroatoms. The highest BCUT2D eigenvalue weighted by molar-refractivity contribution is 9.11. The smallest absolute Gasteiger partial charge is 0.342 e. The van der Waals surface area contributed by atoms with Crippen molar-refractivity contribution in [1.82, 2.24) is 9.55 Å². The van der Waals surface area contributed by atoms with Crippen LogP contribution < -0.4 is 0 Å². The topological polar surface area (TPSA) is 137 Å². The molecule has 2 rings (SSSR count). The maximum atomic E-state index is 10.4. The molecule has 0 aliphatic rings. The van der Waals surface area contributed by atoms with Crippen LogP contribution in [-0.4, -0.2) is 31.1 Å². The lowest BCUT2D eigenvalue weighted by molar-refractivity contribution is -0.407. The zero-order valence-electron chi connectivity index (χ0n) is 12.0. The molecule has 10 nitrogen and oxygen atoms in total. The third-order valence-corrected chi connectivity index (χ3v) is 3.04. The third kappa shape index (κ3) is 5.64. The minimum atomic E-state index is -0.539. The summed E-state index contributed by atoms with van der Waals surface area (Å²) in [6, 6.07) is 3.29. The molecule has 0 aliphatic carbocycles. The average Bonchev–Trinajstić information content (AvgIpc) is 3.11. The van der Waals surface area contributed by atoms with Gasteiger partial charge in [-0.25, -0.2) is 9.55 Å². The van der Waals surface area contributed by atoms with Crippen LogP contribution in [-0.2, 0) is 6.54 Å². The molecule has 0 radical (unpaired) electrons. The van der Waals surface area contributed by atoms with Crippen molar-refractivity contribution in [1.29, 1.82) is 0 Å². The Morgan fingerprint density at radius 3 is 2.70 bits per heavy atom. The first-order valence-corrected chi connectivity index (χ1v) is 6.98. The van der Waals surface area contributed by atoms with E-state index in [2.05, 4.69) is 20.9 Å². The second-order valence-corrected chi connectivity index (χ2v) is 4.85. The lowest BCUT2D eigenvalue weighted by Gasteiger charge is -1.98. The molecule has 2 aromatic rings. The molecule has 0 saturated carbocycles. The summed E-state index contributed by atoms with van der Waals surface area (Å²) in [4.78, 5) is 23.2. The Hall–Kier alpha value is -2.53. The monoisotopic (exact) mass is 388 g/mol. The zero-order valence-corrected chi connectivity index (χ0v) is 13.5. The predicted octanol–water partition coefficient (Wildman–Crippen LogP) is 2.34. The van der Waals surface area contributed by atoms with Gasteiger partial charge in [0.2, 0.25) is 0 Å². The predicted molar refractivity (Wildman–Crippen MR) is 83.3 cm³/mol. The number of nitrogens with zero attached hydrogens (tertiary/aromatic N) is 4. The highest BCUT2D eigenvalue weighted by Gasteiger charge is 2.15. The molecule has 23 heavy (non-hydrogen) atoms. The Labute approximate surface area is 138 Å². The maximum absolute atomic E-state index is 10.4. The van der Waals surface area contributed by atoms with Gasteiger partial charge in [0.1, 0.15) is 18.5 Å². The largest absolute Gasteiger partial charge is 0.465 e. The molecule has 0 saturated heterocycles. The summed E-state index contributed by atoms with van der Waals surface area (Å²) in [7, 11) is 0. The van der Waals surface area contributed by atoms with Gasteiger partial charge in [-0.3, -0.25) is 10.1 Å². The van der Waals surface area contributed by atoms with Gasteiger partial charge in [-0.1, -0.05) is 0 Å². The summed E-state index contributed by atoms with van der Waals surface area (Å²) in [6.45, 7) is 1.74. The van der Waals surface area contributed by atoms with Crippen LogP contribution in [0.15, 0.2) is 33.6 Å². The Morgan fingerprint density at radius 1 is 1.52 bits per heavy atom. The fraction of sp³-hybridized carbons (Fsp3) is 0.250. The number of aromatic nitrogens is 2. The van der Waals surface area contributed by atoms with Gasteiger partial charge < -0.3 is 19.6 Å². The Morgan fingerprint density at radius 2 is 2.22 bits per heavy atom. The van der Waals surface area contributed by atoms with E-state index in [4.69, 9.17) is 9.52 Å². The van der Waals surface area contributed by atoms with Crippen LogP contribution in [0.4, 0.5) is 5.82 Å². The van der Waals surface area contributed by atoms with E-state index in [1.807, 2.05) is 0 Å². The van der Waals surface area contributed by atoms with Crippen molar-refractivity contribution in [2.75, 3.05) is 6.61 Å². The van der Waals surface area contributed by atoms with E-state index in [0.717, 1.165) is 0 Å². The van der Waals surface area contributed by atoms with E-state index in [9.17, 15) is 20.2 Å². The van der Waals surface area contributed by atoms with Crippen LogP contribution in [0.5, 0.6) is 0 Å². The highest BCUT2D eigenvalue weighted by Crippen LogP contribution is 2.13. The first-order chi connectivity index (χ1) is 10.9. The van der Waals surface area contributed by atoms with Gasteiger partial charge in [0, 0.05) is 22.9 Å². The van der Waals surface area contributed by atoms with Gasteiger partial charge in [-0.15, -0.1) is 0 Å². The number of hydrogen-bond acceptors (Lipinski definition) is 7. The maximum Gasteiger partial charge on any atom is 0.342 e. The molecular weight excluding hydrogens is 376 g/mol. The number of halogens is 1. The second kappa shape index (κ2) is 8.80. The van der Waals surface area contributed by atoms with Crippen molar-refractivity contribution in [3.05, 3.63) is 61.0 Å². The van der Waals surface area contributed by atoms with Gasteiger partial charge in [-0.2, -0.15) is 0 Å². The van der Waals surface area contributed by atoms with Crippen LogP contribution in [0.25, 0.3) is 6.08 Å². The molecule has 0 bridgehead atoms. The lowest BCUT2D eigenvalue weighted by Crippen LogP contribution is -2.07. The Balaban J connectivity index is 0.000000231. The van der Waals surface area contributed by atoms with Crippen molar-refractivity contribution in [2.24, 2.45) is 0 Å². The lowest BCUT2D eigenvalue weighted by atomic mass is 10.4. The number of aryl methyl sites for hydroxylation is 1. The molecule has 0 unspecified atom stereocenters. The van der Waals surface area contributed by atoms with Crippen molar-refractivity contribution in [2.45, 2.75) is 13.5 Å². The number of aliphatic hydroxyl groups is 1. The van der Waals surface area contributed by atoms with E-state index in [1.165, 1.54) is 23.1 Å². The minimum absolute atomic E-state index is 0.0819. The van der Waals surface area contributed by atoms with Gasteiger partial charge in [0.25, 0.3) is 0 Å². The zero-order chi connectivity index (χ0) is 17.4. The third-order valence-electron chi connectivity index (χ3n) is 2.52. The number of imidazole rings is 1. The van der Waals surface area contributed by atoms with Crippen LogP contribution >= 0.6 is 15.9 Å². The van der Waals surface area contributed by atoms with Crippen molar-refractivity contribution in [3.8, 4) is 0 Å². The van der Waals surface area contributed by atoms with E-state index in [1.54, 1.807) is 19.1 Å². The molecule has 0 spiro atoms. The van der Waals surface area contributed by atoms with E-state index in [-0.39, 0.29) is 23.6 Å². The molecule has 0 aromatic carbocycles. The first kappa shape index (κ1) is 18.5. The number of nitro groups is 2. The first-order valence-electron chi connectivity index (χ1n) is 6.19.